The lowest BCUT2D eigenvalue weighted by Gasteiger charge is -2.05. The molecule has 0 atom stereocenters. The summed E-state index contributed by atoms with van der Waals surface area (Å²) in [5.74, 6) is 0.500. The molecule has 2 rings (SSSR count). The van der Waals surface area contributed by atoms with Crippen molar-refractivity contribution in [3.63, 3.8) is 0 Å². The van der Waals surface area contributed by atoms with Crippen molar-refractivity contribution >= 4 is 29.0 Å². The Morgan fingerprint density at radius 2 is 2.40 bits per heavy atom. The normalized spacial score (nSPS) is 11.9. The number of nitriles is 1. The van der Waals surface area contributed by atoms with Crippen LogP contribution in [0.1, 0.15) is 12.5 Å². The lowest BCUT2D eigenvalue weighted by molar-refractivity contribution is 1.13. The summed E-state index contributed by atoms with van der Waals surface area (Å²) < 4.78 is 0. The zero-order chi connectivity index (χ0) is 14.5. The van der Waals surface area contributed by atoms with Crippen LogP contribution in [-0.2, 0) is 0 Å². The van der Waals surface area contributed by atoms with Crippen LogP contribution in [0.5, 0.6) is 0 Å². The lowest BCUT2D eigenvalue weighted by Crippen LogP contribution is -2.08. The lowest BCUT2D eigenvalue weighted by atomic mass is 10.2. The second-order valence-electron chi connectivity index (χ2n) is 3.85. The average molecular weight is 270 g/mol. The van der Waals surface area contributed by atoms with E-state index in [1.807, 2.05) is 13.0 Å². The second-order valence-corrected chi connectivity index (χ2v) is 3.85. The SMILES string of the molecule is CCN=CC(=CN)Nc1nc(N)c2c(C#N)c[nH]c2n1. The number of nitrogens with one attached hydrogen (secondary N) is 2. The van der Waals surface area contributed by atoms with E-state index in [9.17, 15) is 0 Å². The number of allylic oxidation sites excluding steroid dienone is 1. The molecular formula is C12H14N8. The molecule has 8 heteroatoms. The summed E-state index contributed by atoms with van der Waals surface area (Å²) >= 11 is 0. The number of aromatic amines is 1. The Labute approximate surface area is 115 Å². The van der Waals surface area contributed by atoms with Crippen LogP contribution in [0.4, 0.5) is 11.8 Å². The van der Waals surface area contributed by atoms with Gasteiger partial charge in [0.1, 0.15) is 17.5 Å². The highest BCUT2D eigenvalue weighted by Crippen LogP contribution is 2.22. The molecule has 0 aliphatic rings. The van der Waals surface area contributed by atoms with Gasteiger partial charge in [-0.25, -0.2) is 0 Å². The zero-order valence-corrected chi connectivity index (χ0v) is 10.9. The molecule has 0 saturated heterocycles. The predicted molar refractivity (Wildman–Crippen MR) is 77.9 cm³/mol. The molecule has 2 heterocycles. The number of aromatic nitrogens is 3. The first-order valence-electron chi connectivity index (χ1n) is 5.93. The first kappa shape index (κ1) is 13.4. The Morgan fingerprint density at radius 3 is 3.05 bits per heavy atom. The van der Waals surface area contributed by atoms with E-state index in [1.54, 1.807) is 6.21 Å². The number of nitrogens with zero attached hydrogens (tertiary/aromatic N) is 4. The number of hydrogen-bond donors (Lipinski definition) is 4. The van der Waals surface area contributed by atoms with Gasteiger partial charge in [-0.15, -0.1) is 0 Å². The van der Waals surface area contributed by atoms with Crippen molar-refractivity contribution in [2.45, 2.75) is 6.92 Å². The Balaban J connectivity index is 2.38. The van der Waals surface area contributed by atoms with E-state index in [2.05, 4.69) is 25.3 Å². The van der Waals surface area contributed by atoms with E-state index in [1.165, 1.54) is 12.4 Å². The standard InChI is InChI=1S/C12H14N8/c1-2-16-6-8(4-14)18-12-19-10(15)9-7(3-13)5-17-11(9)20-12/h4-6H,2,14H2,1H3,(H4,15,17,18,19,20). The van der Waals surface area contributed by atoms with Crippen molar-refractivity contribution in [3.8, 4) is 6.07 Å². The zero-order valence-electron chi connectivity index (χ0n) is 10.9. The number of anilines is 2. The van der Waals surface area contributed by atoms with Crippen molar-refractivity contribution in [3.05, 3.63) is 23.7 Å². The molecule has 0 radical (unpaired) electrons. The maximum absolute atomic E-state index is 8.96. The largest absolute Gasteiger partial charge is 0.403 e. The number of hydrogen-bond acceptors (Lipinski definition) is 7. The third-order valence-corrected chi connectivity index (χ3v) is 2.53. The van der Waals surface area contributed by atoms with Crippen LogP contribution in [-0.4, -0.2) is 27.7 Å². The first-order valence-corrected chi connectivity index (χ1v) is 5.93. The predicted octanol–water partition coefficient (Wildman–Crippen LogP) is 0.714. The quantitative estimate of drug-likeness (QED) is 0.603. The summed E-state index contributed by atoms with van der Waals surface area (Å²) in [5, 5.41) is 12.4. The smallest absolute Gasteiger partial charge is 0.231 e. The average Bonchev–Trinajstić information content (AvgIpc) is 2.86. The van der Waals surface area contributed by atoms with Crippen LogP contribution in [0.25, 0.3) is 11.0 Å². The monoisotopic (exact) mass is 270 g/mol. The van der Waals surface area contributed by atoms with Crippen molar-refractivity contribution in [2.75, 3.05) is 17.6 Å². The fourth-order valence-corrected chi connectivity index (χ4v) is 1.64. The van der Waals surface area contributed by atoms with E-state index in [0.29, 0.717) is 28.8 Å². The van der Waals surface area contributed by atoms with E-state index in [-0.39, 0.29) is 11.8 Å². The van der Waals surface area contributed by atoms with Crippen LogP contribution in [0.2, 0.25) is 0 Å². The molecule has 2 aromatic rings. The van der Waals surface area contributed by atoms with Gasteiger partial charge in [-0.2, -0.15) is 15.2 Å². The Bertz CT molecular complexity index is 719. The van der Waals surface area contributed by atoms with Gasteiger partial charge in [-0.05, 0) is 6.92 Å². The molecule has 0 saturated carbocycles. The van der Waals surface area contributed by atoms with Gasteiger partial charge in [0.05, 0.1) is 16.6 Å². The van der Waals surface area contributed by atoms with Crippen LogP contribution < -0.4 is 16.8 Å². The van der Waals surface area contributed by atoms with Gasteiger partial charge in [0, 0.05) is 25.2 Å². The fourth-order valence-electron chi connectivity index (χ4n) is 1.64. The molecule has 0 bridgehead atoms. The van der Waals surface area contributed by atoms with Gasteiger partial charge in [0.2, 0.25) is 5.95 Å². The highest BCUT2D eigenvalue weighted by atomic mass is 15.1. The number of nitrogens with two attached hydrogens (primary N) is 2. The van der Waals surface area contributed by atoms with Gasteiger partial charge >= 0.3 is 0 Å². The number of rotatable bonds is 4. The summed E-state index contributed by atoms with van der Waals surface area (Å²) in [6, 6.07) is 2.03. The van der Waals surface area contributed by atoms with Crippen LogP contribution >= 0.6 is 0 Å². The number of fused-ring (bicyclic) bond motifs is 1. The highest BCUT2D eigenvalue weighted by molar-refractivity contribution is 5.92. The van der Waals surface area contributed by atoms with Crippen LogP contribution in [0.3, 0.4) is 0 Å². The summed E-state index contributed by atoms with van der Waals surface area (Å²) in [6.07, 6.45) is 4.48. The molecule has 2 aromatic heterocycles. The highest BCUT2D eigenvalue weighted by Gasteiger charge is 2.11. The maximum Gasteiger partial charge on any atom is 0.231 e. The van der Waals surface area contributed by atoms with Gasteiger partial charge in [-0.1, -0.05) is 0 Å². The Kier molecular flexibility index (Phi) is 3.81. The molecule has 0 fully saturated rings. The van der Waals surface area contributed by atoms with Crippen molar-refractivity contribution in [1.29, 1.82) is 5.26 Å². The summed E-state index contributed by atoms with van der Waals surface area (Å²) in [6.45, 7) is 2.55. The van der Waals surface area contributed by atoms with Gasteiger partial charge in [0.15, 0.2) is 0 Å². The molecule has 0 spiro atoms. The first-order chi connectivity index (χ1) is 9.69. The minimum atomic E-state index is 0.221. The number of aliphatic imine (C=N–C) groups is 1. The molecule has 0 aliphatic carbocycles. The van der Waals surface area contributed by atoms with E-state index < -0.39 is 0 Å². The molecular weight excluding hydrogens is 256 g/mol. The topological polar surface area (TPSA) is 142 Å². The molecule has 0 unspecified atom stereocenters. The van der Waals surface area contributed by atoms with Gasteiger partial charge in [0.25, 0.3) is 0 Å². The van der Waals surface area contributed by atoms with Gasteiger partial charge in [-0.3, -0.25) is 4.99 Å². The number of H-pyrrole nitrogens is 1. The molecule has 0 aliphatic heterocycles. The molecule has 0 aromatic carbocycles. The minimum Gasteiger partial charge on any atom is -0.403 e. The van der Waals surface area contributed by atoms with Crippen LogP contribution in [0.15, 0.2) is 23.1 Å². The second kappa shape index (κ2) is 5.71. The molecule has 20 heavy (non-hydrogen) atoms. The van der Waals surface area contributed by atoms with Crippen molar-refractivity contribution in [2.24, 2.45) is 10.7 Å². The number of nitrogen functional groups attached to an aromatic ring is 1. The fraction of sp³-hybridized carbons (Fsp3) is 0.167. The maximum atomic E-state index is 8.96. The molecule has 6 N–H and O–H groups in total. The third-order valence-electron chi connectivity index (χ3n) is 2.53. The van der Waals surface area contributed by atoms with E-state index in [4.69, 9.17) is 16.7 Å². The van der Waals surface area contributed by atoms with Gasteiger partial charge < -0.3 is 21.8 Å². The Morgan fingerprint density at radius 1 is 1.60 bits per heavy atom. The minimum absolute atomic E-state index is 0.221. The van der Waals surface area contributed by atoms with Crippen LogP contribution in [0, 0.1) is 11.3 Å². The van der Waals surface area contributed by atoms with Crippen molar-refractivity contribution < 1.29 is 0 Å². The summed E-state index contributed by atoms with van der Waals surface area (Å²) in [7, 11) is 0. The van der Waals surface area contributed by atoms with E-state index >= 15 is 0 Å². The molecule has 8 nitrogen and oxygen atoms in total. The third kappa shape index (κ3) is 2.51. The molecule has 102 valence electrons. The van der Waals surface area contributed by atoms with Crippen molar-refractivity contribution in [1.82, 2.24) is 15.0 Å². The Hall–Kier alpha value is -3.08. The van der Waals surface area contributed by atoms with E-state index in [0.717, 1.165) is 0 Å². The molecule has 0 amide bonds. The summed E-state index contributed by atoms with van der Waals surface area (Å²) in [4.78, 5) is 15.3. The summed E-state index contributed by atoms with van der Waals surface area (Å²) in [5.41, 5.74) is 12.8.